The molecule has 0 aliphatic carbocycles. The van der Waals surface area contributed by atoms with Crippen LogP contribution in [-0.2, 0) is 4.79 Å². The van der Waals surface area contributed by atoms with E-state index in [0.29, 0.717) is 23.0 Å². The van der Waals surface area contributed by atoms with Crippen LogP contribution >= 0.6 is 12.2 Å². The van der Waals surface area contributed by atoms with Crippen LogP contribution in [0.1, 0.15) is 29.7 Å². The maximum absolute atomic E-state index is 13.3. The predicted molar refractivity (Wildman–Crippen MR) is 121 cm³/mol. The maximum atomic E-state index is 13.3. The molecule has 3 rings (SSSR count). The van der Waals surface area contributed by atoms with Crippen LogP contribution in [-0.4, -0.2) is 17.6 Å². The second-order valence-electron chi connectivity index (χ2n) is 6.94. The van der Waals surface area contributed by atoms with Crippen molar-refractivity contribution in [2.45, 2.75) is 26.8 Å². The molecule has 0 saturated carbocycles. The second-order valence-corrected chi connectivity index (χ2v) is 7.35. The molecule has 0 spiro atoms. The zero-order chi connectivity index (χ0) is 21.0. The number of rotatable bonds is 6. The van der Waals surface area contributed by atoms with E-state index in [-0.39, 0.29) is 11.9 Å². The zero-order valence-corrected chi connectivity index (χ0v) is 17.7. The molecule has 29 heavy (non-hydrogen) atoms. The molecule has 1 aliphatic rings. The third-order valence-electron chi connectivity index (χ3n) is 4.93. The number of amides is 1. The first-order valence-electron chi connectivity index (χ1n) is 9.40. The number of carbonyl (C=O) groups is 1. The van der Waals surface area contributed by atoms with Gasteiger partial charge in [0.05, 0.1) is 11.6 Å². The number of allylic oxidation sites excluding steroid dienone is 1. The van der Waals surface area contributed by atoms with Gasteiger partial charge >= 0.3 is 0 Å². The Morgan fingerprint density at radius 2 is 2.00 bits per heavy atom. The summed E-state index contributed by atoms with van der Waals surface area (Å²) >= 11 is 5.34. The van der Waals surface area contributed by atoms with Crippen LogP contribution in [0.5, 0.6) is 5.75 Å². The fraction of sp³-hybridized carbons (Fsp3) is 0.217. The third-order valence-corrected chi connectivity index (χ3v) is 5.15. The Bertz CT molecular complexity index is 997. The molecule has 0 unspecified atom stereocenters. The molecule has 0 fully saturated rings. The first kappa shape index (κ1) is 20.6. The van der Waals surface area contributed by atoms with Crippen molar-refractivity contribution in [1.82, 2.24) is 10.6 Å². The van der Waals surface area contributed by atoms with Crippen molar-refractivity contribution in [3.8, 4) is 5.75 Å². The van der Waals surface area contributed by atoms with Crippen LogP contribution < -0.4 is 20.7 Å². The van der Waals surface area contributed by atoms with Gasteiger partial charge in [-0.15, -0.1) is 0 Å². The minimum atomic E-state index is -0.388. The van der Waals surface area contributed by atoms with Gasteiger partial charge in [0, 0.05) is 11.4 Å². The Labute approximate surface area is 176 Å². The average Bonchev–Trinajstić information content (AvgIpc) is 2.69. The lowest BCUT2D eigenvalue weighted by Gasteiger charge is -2.30. The van der Waals surface area contributed by atoms with E-state index in [4.69, 9.17) is 17.0 Å². The Balaban J connectivity index is 1.95. The standard InChI is InChI=1S/C23H25N3O2S/c1-5-12-28-18-10-7-9-17(13-18)21-20(16(4)24-23(29)26-21)22(27)25-19-11-6-8-14(2)15(19)3/h5-11,13,21H,1,12H2,2-4H3,(H,25,27)(H2,24,26,29)/t21-/m0/s1. The van der Waals surface area contributed by atoms with E-state index in [9.17, 15) is 4.79 Å². The quantitative estimate of drug-likeness (QED) is 0.492. The zero-order valence-electron chi connectivity index (χ0n) is 16.8. The largest absolute Gasteiger partial charge is 0.490 e. The van der Waals surface area contributed by atoms with E-state index in [1.165, 1.54) is 0 Å². The summed E-state index contributed by atoms with van der Waals surface area (Å²) in [5, 5.41) is 9.81. The van der Waals surface area contributed by atoms with Gasteiger partial charge in [-0.05, 0) is 67.9 Å². The fourth-order valence-corrected chi connectivity index (χ4v) is 3.53. The van der Waals surface area contributed by atoms with Crippen LogP contribution in [0.2, 0.25) is 0 Å². The van der Waals surface area contributed by atoms with E-state index in [1.807, 2.05) is 63.2 Å². The van der Waals surface area contributed by atoms with Gasteiger partial charge in [0.15, 0.2) is 5.11 Å². The summed E-state index contributed by atoms with van der Waals surface area (Å²) in [6.07, 6.45) is 1.69. The molecule has 6 heteroatoms. The SMILES string of the molecule is C=CCOc1cccc([C@@H]2NC(=S)NC(C)=C2C(=O)Nc2cccc(C)c2C)c1. The van der Waals surface area contributed by atoms with Crippen molar-refractivity contribution in [2.24, 2.45) is 0 Å². The van der Waals surface area contributed by atoms with Gasteiger partial charge in [-0.3, -0.25) is 4.79 Å². The highest BCUT2D eigenvalue weighted by molar-refractivity contribution is 7.80. The maximum Gasteiger partial charge on any atom is 0.255 e. The van der Waals surface area contributed by atoms with Crippen molar-refractivity contribution in [3.05, 3.63) is 83.1 Å². The number of thiocarbonyl (C=S) groups is 1. The van der Waals surface area contributed by atoms with Gasteiger partial charge in [0.25, 0.3) is 5.91 Å². The van der Waals surface area contributed by atoms with Crippen LogP contribution in [0.4, 0.5) is 5.69 Å². The van der Waals surface area contributed by atoms with Crippen LogP contribution in [0.15, 0.2) is 66.4 Å². The Hall–Kier alpha value is -3.12. The summed E-state index contributed by atoms with van der Waals surface area (Å²) in [6, 6.07) is 13.1. The van der Waals surface area contributed by atoms with Gasteiger partial charge < -0.3 is 20.7 Å². The van der Waals surface area contributed by atoms with Crippen molar-refractivity contribution in [1.29, 1.82) is 0 Å². The molecule has 0 radical (unpaired) electrons. The molecule has 1 aliphatic heterocycles. The molecule has 1 atom stereocenters. The lowest BCUT2D eigenvalue weighted by molar-refractivity contribution is -0.113. The van der Waals surface area contributed by atoms with Crippen LogP contribution in [0, 0.1) is 13.8 Å². The van der Waals surface area contributed by atoms with E-state index in [2.05, 4.69) is 22.5 Å². The molecule has 3 N–H and O–H groups in total. The first-order valence-corrected chi connectivity index (χ1v) is 9.81. The van der Waals surface area contributed by atoms with Gasteiger partial charge in [-0.1, -0.05) is 36.9 Å². The van der Waals surface area contributed by atoms with Gasteiger partial charge in [-0.2, -0.15) is 0 Å². The minimum Gasteiger partial charge on any atom is -0.490 e. The number of benzene rings is 2. The number of aryl methyl sites for hydroxylation is 1. The summed E-state index contributed by atoms with van der Waals surface area (Å²) in [7, 11) is 0. The average molecular weight is 408 g/mol. The highest BCUT2D eigenvalue weighted by atomic mass is 32.1. The Morgan fingerprint density at radius 1 is 1.24 bits per heavy atom. The van der Waals surface area contributed by atoms with E-state index < -0.39 is 0 Å². The molecule has 150 valence electrons. The molecule has 1 amide bonds. The monoisotopic (exact) mass is 407 g/mol. The number of nitrogens with one attached hydrogen (secondary N) is 3. The van der Waals surface area contributed by atoms with Crippen molar-refractivity contribution < 1.29 is 9.53 Å². The number of hydrogen-bond acceptors (Lipinski definition) is 3. The van der Waals surface area contributed by atoms with Crippen LogP contribution in [0.25, 0.3) is 0 Å². The van der Waals surface area contributed by atoms with Gasteiger partial charge in [0.2, 0.25) is 0 Å². The Morgan fingerprint density at radius 3 is 2.76 bits per heavy atom. The van der Waals surface area contributed by atoms with Crippen LogP contribution in [0.3, 0.4) is 0 Å². The summed E-state index contributed by atoms with van der Waals surface area (Å²) in [4.78, 5) is 13.3. The summed E-state index contributed by atoms with van der Waals surface area (Å²) in [5.41, 5.74) is 5.16. The van der Waals surface area contributed by atoms with E-state index in [0.717, 1.165) is 28.1 Å². The lowest BCUT2D eigenvalue weighted by atomic mass is 9.94. The van der Waals surface area contributed by atoms with Crippen molar-refractivity contribution >= 4 is 28.9 Å². The fourth-order valence-electron chi connectivity index (χ4n) is 3.26. The lowest BCUT2D eigenvalue weighted by Crippen LogP contribution is -2.45. The molecular formula is C23H25N3O2S. The number of hydrogen-bond donors (Lipinski definition) is 3. The van der Waals surface area contributed by atoms with Gasteiger partial charge in [0.1, 0.15) is 12.4 Å². The third kappa shape index (κ3) is 4.66. The molecule has 2 aromatic carbocycles. The summed E-state index contributed by atoms with van der Waals surface area (Å²) < 4.78 is 5.65. The molecule has 1 heterocycles. The van der Waals surface area contributed by atoms with Crippen molar-refractivity contribution in [2.75, 3.05) is 11.9 Å². The second kappa shape index (κ2) is 8.92. The molecule has 0 aromatic heterocycles. The normalized spacial score (nSPS) is 16.0. The minimum absolute atomic E-state index is 0.180. The molecule has 0 bridgehead atoms. The highest BCUT2D eigenvalue weighted by Crippen LogP contribution is 2.30. The van der Waals surface area contributed by atoms with Crippen molar-refractivity contribution in [3.63, 3.8) is 0 Å². The topological polar surface area (TPSA) is 62.4 Å². The predicted octanol–water partition coefficient (Wildman–Crippen LogP) is 4.30. The molecule has 5 nitrogen and oxygen atoms in total. The highest BCUT2D eigenvalue weighted by Gasteiger charge is 2.30. The van der Waals surface area contributed by atoms with E-state index >= 15 is 0 Å². The molecular weight excluding hydrogens is 382 g/mol. The van der Waals surface area contributed by atoms with E-state index in [1.54, 1.807) is 6.08 Å². The molecule has 2 aromatic rings. The first-order chi connectivity index (χ1) is 13.9. The number of carbonyl (C=O) groups excluding carboxylic acids is 1. The summed E-state index contributed by atoms with van der Waals surface area (Å²) in [5.74, 6) is 0.529. The number of anilines is 1. The molecule has 0 saturated heterocycles. The Kier molecular flexibility index (Phi) is 6.34. The van der Waals surface area contributed by atoms with Gasteiger partial charge in [-0.25, -0.2) is 0 Å². The summed E-state index contributed by atoms with van der Waals surface area (Å²) in [6.45, 7) is 9.96. The smallest absolute Gasteiger partial charge is 0.255 e. The number of ether oxygens (including phenoxy) is 1.